The molecule has 0 saturated carbocycles. The van der Waals surface area contributed by atoms with Crippen LogP contribution in [0.4, 0.5) is 0 Å². The first kappa shape index (κ1) is 17.8. The molecule has 2 amide bonds. The van der Waals surface area contributed by atoms with Crippen molar-refractivity contribution in [2.24, 2.45) is 0 Å². The van der Waals surface area contributed by atoms with Gasteiger partial charge in [-0.3, -0.25) is 9.59 Å². The van der Waals surface area contributed by atoms with Crippen LogP contribution in [-0.4, -0.2) is 29.8 Å². The molecule has 5 nitrogen and oxygen atoms in total. The van der Waals surface area contributed by atoms with Crippen LogP contribution in [0.3, 0.4) is 0 Å². The van der Waals surface area contributed by atoms with E-state index in [0.717, 1.165) is 18.4 Å². The second-order valence-corrected chi connectivity index (χ2v) is 5.68. The highest BCUT2D eigenvalue weighted by Gasteiger charge is 2.18. The van der Waals surface area contributed by atoms with Gasteiger partial charge in [0.2, 0.25) is 5.91 Å². The van der Waals surface area contributed by atoms with Crippen LogP contribution in [0.2, 0.25) is 0 Å². The van der Waals surface area contributed by atoms with Crippen LogP contribution in [0.1, 0.15) is 42.1 Å². The van der Waals surface area contributed by atoms with Crippen molar-refractivity contribution in [1.29, 1.82) is 0 Å². The summed E-state index contributed by atoms with van der Waals surface area (Å²) >= 11 is 0. The fourth-order valence-electron chi connectivity index (χ4n) is 2.35. The van der Waals surface area contributed by atoms with Crippen LogP contribution in [0.15, 0.2) is 53.3 Å². The van der Waals surface area contributed by atoms with Crippen molar-refractivity contribution < 1.29 is 14.0 Å². The maximum absolute atomic E-state index is 12.6. The standard InChI is InChI=1S/C19H24N2O3/c1-2-3-11-20-18(22)9-12-21(14-16-7-5-4-6-8-16)19(23)17-10-13-24-15-17/h4-8,10,13,15H,2-3,9,11-12,14H2,1H3,(H,20,22). The van der Waals surface area contributed by atoms with E-state index in [4.69, 9.17) is 4.42 Å². The van der Waals surface area contributed by atoms with E-state index >= 15 is 0 Å². The fraction of sp³-hybridized carbons (Fsp3) is 0.368. The maximum Gasteiger partial charge on any atom is 0.257 e. The summed E-state index contributed by atoms with van der Waals surface area (Å²) in [5.41, 5.74) is 1.53. The largest absolute Gasteiger partial charge is 0.472 e. The molecule has 1 heterocycles. The number of carbonyl (C=O) groups excluding carboxylic acids is 2. The Morgan fingerprint density at radius 3 is 2.62 bits per heavy atom. The molecule has 0 bridgehead atoms. The number of carbonyl (C=O) groups is 2. The highest BCUT2D eigenvalue weighted by molar-refractivity contribution is 5.94. The summed E-state index contributed by atoms with van der Waals surface area (Å²) < 4.78 is 5.00. The third-order valence-corrected chi connectivity index (χ3v) is 3.73. The Bertz CT molecular complexity index is 623. The molecule has 0 aliphatic heterocycles. The van der Waals surface area contributed by atoms with Crippen LogP contribution in [0.25, 0.3) is 0 Å². The van der Waals surface area contributed by atoms with Gasteiger partial charge in [0.1, 0.15) is 6.26 Å². The Balaban J connectivity index is 1.97. The average Bonchev–Trinajstić information content (AvgIpc) is 3.13. The van der Waals surface area contributed by atoms with Crippen molar-refractivity contribution in [3.05, 3.63) is 60.1 Å². The first-order valence-corrected chi connectivity index (χ1v) is 8.32. The van der Waals surface area contributed by atoms with Crippen LogP contribution in [-0.2, 0) is 11.3 Å². The molecule has 1 aromatic carbocycles. The van der Waals surface area contributed by atoms with Gasteiger partial charge in [-0.25, -0.2) is 0 Å². The molecule has 0 fully saturated rings. The van der Waals surface area contributed by atoms with Crippen LogP contribution >= 0.6 is 0 Å². The lowest BCUT2D eigenvalue weighted by Crippen LogP contribution is -2.35. The van der Waals surface area contributed by atoms with Crippen LogP contribution in [0, 0.1) is 0 Å². The molecule has 2 aromatic rings. The molecule has 0 saturated heterocycles. The minimum absolute atomic E-state index is 0.0264. The molecule has 0 aliphatic carbocycles. The monoisotopic (exact) mass is 328 g/mol. The second kappa shape index (κ2) is 9.55. The van der Waals surface area contributed by atoms with E-state index in [0.29, 0.717) is 31.6 Å². The van der Waals surface area contributed by atoms with Gasteiger partial charge < -0.3 is 14.6 Å². The third kappa shape index (κ3) is 5.57. The average molecular weight is 328 g/mol. The summed E-state index contributed by atoms with van der Waals surface area (Å²) in [5.74, 6) is -0.157. The molecule has 0 atom stereocenters. The Labute approximate surface area is 142 Å². The summed E-state index contributed by atoms with van der Waals surface area (Å²) in [6.07, 6.45) is 5.21. The zero-order valence-electron chi connectivity index (χ0n) is 14.0. The molecule has 0 unspecified atom stereocenters. The third-order valence-electron chi connectivity index (χ3n) is 3.73. The van der Waals surface area contributed by atoms with E-state index in [-0.39, 0.29) is 11.8 Å². The number of amides is 2. The first-order valence-electron chi connectivity index (χ1n) is 8.32. The number of benzene rings is 1. The first-order chi connectivity index (χ1) is 11.7. The Hall–Kier alpha value is -2.56. The molecule has 1 N–H and O–H groups in total. The molecule has 0 aliphatic rings. The van der Waals surface area contributed by atoms with E-state index in [9.17, 15) is 9.59 Å². The van der Waals surface area contributed by atoms with Gasteiger partial charge in [-0.1, -0.05) is 43.7 Å². The second-order valence-electron chi connectivity index (χ2n) is 5.68. The Kier molecular flexibility index (Phi) is 7.08. The van der Waals surface area contributed by atoms with E-state index in [1.165, 1.54) is 12.5 Å². The summed E-state index contributed by atoms with van der Waals surface area (Å²) in [4.78, 5) is 26.2. The summed E-state index contributed by atoms with van der Waals surface area (Å²) in [6, 6.07) is 11.4. The molecule has 2 rings (SSSR count). The number of unbranched alkanes of at least 4 members (excludes halogenated alkanes) is 1. The number of nitrogens with one attached hydrogen (secondary N) is 1. The summed E-state index contributed by atoms with van der Waals surface area (Å²) in [7, 11) is 0. The van der Waals surface area contributed by atoms with Gasteiger partial charge in [-0.05, 0) is 18.1 Å². The minimum Gasteiger partial charge on any atom is -0.472 e. The molecule has 0 radical (unpaired) electrons. The van der Waals surface area contributed by atoms with Gasteiger partial charge in [-0.15, -0.1) is 0 Å². The highest BCUT2D eigenvalue weighted by Crippen LogP contribution is 2.11. The zero-order valence-corrected chi connectivity index (χ0v) is 14.0. The molecule has 24 heavy (non-hydrogen) atoms. The molecule has 5 heteroatoms. The van der Waals surface area contributed by atoms with Gasteiger partial charge >= 0.3 is 0 Å². The fourth-order valence-corrected chi connectivity index (χ4v) is 2.35. The lowest BCUT2D eigenvalue weighted by atomic mass is 10.2. The smallest absolute Gasteiger partial charge is 0.257 e. The van der Waals surface area contributed by atoms with Crippen molar-refractivity contribution >= 4 is 11.8 Å². The van der Waals surface area contributed by atoms with E-state index < -0.39 is 0 Å². The molecule has 1 aromatic heterocycles. The van der Waals surface area contributed by atoms with Gasteiger partial charge in [-0.2, -0.15) is 0 Å². The molecular formula is C19H24N2O3. The topological polar surface area (TPSA) is 62.6 Å². The van der Waals surface area contributed by atoms with Gasteiger partial charge in [0.15, 0.2) is 0 Å². The highest BCUT2D eigenvalue weighted by atomic mass is 16.3. The van der Waals surface area contributed by atoms with Crippen molar-refractivity contribution in [1.82, 2.24) is 10.2 Å². The van der Waals surface area contributed by atoms with Crippen molar-refractivity contribution in [2.75, 3.05) is 13.1 Å². The Morgan fingerprint density at radius 1 is 1.17 bits per heavy atom. The van der Waals surface area contributed by atoms with E-state index in [1.54, 1.807) is 11.0 Å². The molecule has 128 valence electrons. The van der Waals surface area contributed by atoms with E-state index in [1.807, 2.05) is 30.3 Å². The quantitative estimate of drug-likeness (QED) is 0.719. The zero-order chi connectivity index (χ0) is 17.2. The lowest BCUT2D eigenvalue weighted by molar-refractivity contribution is -0.121. The normalized spacial score (nSPS) is 10.4. The molecular weight excluding hydrogens is 304 g/mol. The van der Waals surface area contributed by atoms with E-state index in [2.05, 4.69) is 12.2 Å². The van der Waals surface area contributed by atoms with Gasteiger partial charge in [0, 0.05) is 26.1 Å². The molecule has 0 spiro atoms. The van der Waals surface area contributed by atoms with Crippen molar-refractivity contribution in [3.8, 4) is 0 Å². The predicted molar refractivity (Wildman–Crippen MR) is 92.4 cm³/mol. The van der Waals surface area contributed by atoms with Gasteiger partial charge in [0.25, 0.3) is 5.91 Å². The van der Waals surface area contributed by atoms with Crippen LogP contribution < -0.4 is 5.32 Å². The number of nitrogens with zero attached hydrogens (tertiary/aromatic N) is 1. The Morgan fingerprint density at radius 2 is 1.96 bits per heavy atom. The minimum atomic E-state index is -0.131. The SMILES string of the molecule is CCCCNC(=O)CCN(Cc1ccccc1)C(=O)c1ccoc1. The lowest BCUT2D eigenvalue weighted by Gasteiger charge is -2.22. The number of rotatable bonds is 9. The van der Waals surface area contributed by atoms with Crippen LogP contribution in [0.5, 0.6) is 0 Å². The number of hydrogen-bond acceptors (Lipinski definition) is 3. The van der Waals surface area contributed by atoms with Crippen molar-refractivity contribution in [3.63, 3.8) is 0 Å². The number of furan rings is 1. The van der Waals surface area contributed by atoms with Gasteiger partial charge in [0.05, 0.1) is 11.8 Å². The number of hydrogen-bond donors (Lipinski definition) is 1. The maximum atomic E-state index is 12.6. The predicted octanol–water partition coefficient (Wildman–Crippen LogP) is 3.23. The summed E-state index contributed by atoms with van der Waals surface area (Å²) in [6.45, 7) is 3.60. The summed E-state index contributed by atoms with van der Waals surface area (Å²) in [5, 5.41) is 2.88. The van der Waals surface area contributed by atoms with Crippen molar-refractivity contribution in [2.45, 2.75) is 32.7 Å².